The number of benzene rings is 1. The van der Waals surface area contributed by atoms with E-state index in [1.807, 2.05) is 18.2 Å². The number of alkyl halides is 3. The van der Waals surface area contributed by atoms with Crippen LogP contribution in [0.5, 0.6) is 5.75 Å². The van der Waals surface area contributed by atoms with E-state index in [-0.39, 0.29) is 18.1 Å². The molecular formula is C23H17F3N4O3. The number of amides is 3. The summed E-state index contributed by atoms with van der Waals surface area (Å²) in [6, 6.07) is 13.2. The first-order chi connectivity index (χ1) is 15.8. The van der Waals surface area contributed by atoms with Crippen molar-refractivity contribution >= 4 is 17.6 Å². The normalized spacial score (nSPS) is 17.1. The van der Waals surface area contributed by atoms with Crippen LogP contribution in [0.3, 0.4) is 0 Å². The molecule has 10 heteroatoms. The van der Waals surface area contributed by atoms with E-state index >= 15 is 0 Å². The zero-order valence-corrected chi connectivity index (χ0v) is 17.1. The fourth-order valence-electron chi connectivity index (χ4n) is 3.97. The molecule has 3 aromatic rings. The van der Waals surface area contributed by atoms with Crippen molar-refractivity contribution in [2.24, 2.45) is 0 Å². The maximum Gasteiger partial charge on any atom is 0.573 e. The maximum absolute atomic E-state index is 13.2. The summed E-state index contributed by atoms with van der Waals surface area (Å²) >= 11 is 0. The standard InChI is InChI=1S/C23H17F3N4O3/c24-23(25,26)33-17-6-4-16(5-7-17)30-20(31)22(9-10-22)29(21(30)32)14-15-8-12-28-19(13-15)18-3-1-2-11-27-18/h1-8,11-13H,9-10,14H2. The smallest absolute Gasteiger partial charge is 0.406 e. The second kappa shape index (κ2) is 7.58. The Balaban J connectivity index is 1.39. The van der Waals surface area contributed by atoms with Crippen molar-refractivity contribution in [1.29, 1.82) is 0 Å². The SMILES string of the molecule is O=C1N(c2ccc(OC(F)(F)F)cc2)C(=O)C2(CC2)N1Cc1ccnc(-c2ccccn2)c1. The molecule has 1 aliphatic heterocycles. The second-order valence-electron chi connectivity index (χ2n) is 7.85. The Morgan fingerprint density at radius 2 is 1.67 bits per heavy atom. The number of nitrogens with zero attached hydrogens (tertiary/aromatic N) is 4. The van der Waals surface area contributed by atoms with E-state index in [0.717, 1.165) is 22.6 Å². The largest absolute Gasteiger partial charge is 0.573 e. The third kappa shape index (κ3) is 3.88. The Labute approximate surface area is 186 Å². The molecule has 3 heterocycles. The van der Waals surface area contributed by atoms with Crippen molar-refractivity contribution in [2.75, 3.05) is 4.90 Å². The van der Waals surface area contributed by atoms with Gasteiger partial charge in [0.2, 0.25) is 0 Å². The summed E-state index contributed by atoms with van der Waals surface area (Å²) < 4.78 is 41.1. The van der Waals surface area contributed by atoms with Gasteiger partial charge in [-0.3, -0.25) is 14.8 Å². The lowest BCUT2D eigenvalue weighted by atomic mass is 10.1. The molecule has 168 valence electrons. The highest BCUT2D eigenvalue weighted by Crippen LogP contribution is 2.49. The first-order valence-electron chi connectivity index (χ1n) is 10.2. The van der Waals surface area contributed by atoms with Gasteiger partial charge in [0.05, 0.1) is 17.1 Å². The summed E-state index contributed by atoms with van der Waals surface area (Å²) in [6.07, 6.45) is -0.482. The van der Waals surface area contributed by atoms with E-state index in [0.29, 0.717) is 24.2 Å². The van der Waals surface area contributed by atoms with Crippen molar-refractivity contribution < 1.29 is 27.5 Å². The van der Waals surface area contributed by atoms with Gasteiger partial charge in [0.25, 0.3) is 5.91 Å². The van der Waals surface area contributed by atoms with Crippen LogP contribution in [-0.4, -0.2) is 38.7 Å². The average molecular weight is 454 g/mol. The summed E-state index contributed by atoms with van der Waals surface area (Å²) in [5.74, 6) is -0.807. The summed E-state index contributed by atoms with van der Waals surface area (Å²) in [5.41, 5.74) is 1.39. The summed E-state index contributed by atoms with van der Waals surface area (Å²) in [7, 11) is 0. The van der Waals surface area contributed by atoms with E-state index in [9.17, 15) is 22.8 Å². The van der Waals surface area contributed by atoms with Gasteiger partial charge in [-0.05, 0) is 66.9 Å². The van der Waals surface area contributed by atoms with Crippen LogP contribution in [0.1, 0.15) is 18.4 Å². The Morgan fingerprint density at radius 3 is 2.30 bits per heavy atom. The number of hydrogen-bond donors (Lipinski definition) is 0. The number of hydrogen-bond acceptors (Lipinski definition) is 5. The molecule has 1 saturated heterocycles. The molecule has 2 aromatic heterocycles. The first kappa shape index (κ1) is 20.9. The molecule has 0 unspecified atom stereocenters. The molecule has 0 radical (unpaired) electrons. The lowest BCUT2D eigenvalue weighted by Gasteiger charge is -2.21. The van der Waals surface area contributed by atoms with Crippen LogP contribution in [0.25, 0.3) is 11.4 Å². The van der Waals surface area contributed by atoms with Gasteiger partial charge in [0.1, 0.15) is 11.3 Å². The molecule has 1 saturated carbocycles. The highest BCUT2D eigenvalue weighted by atomic mass is 19.4. The molecule has 2 aliphatic rings. The molecule has 0 N–H and O–H groups in total. The van der Waals surface area contributed by atoms with Crippen LogP contribution in [0.15, 0.2) is 67.0 Å². The van der Waals surface area contributed by atoms with Gasteiger partial charge in [-0.1, -0.05) is 6.07 Å². The molecule has 33 heavy (non-hydrogen) atoms. The monoisotopic (exact) mass is 454 g/mol. The molecule has 3 amide bonds. The predicted molar refractivity (Wildman–Crippen MR) is 111 cm³/mol. The van der Waals surface area contributed by atoms with Crippen molar-refractivity contribution in [3.63, 3.8) is 0 Å². The molecule has 0 atom stereocenters. The Hall–Kier alpha value is -3.95. The lowest BCUT2D eigenvalue weighted by molar-refractivity contribution is -0.274. The zero-order chi connectivity index (χ0) is 23.2. The fraction of sp³-hybridized carbons (Fsp3) is 0.217. The third-order valence-corrected chi connectivity index (χ3v) is 5.68. The van der Waals surface area contributed by atoms with Crippen molar-refractivity contribution in [3.05, 3.63) is 72.6 Å². The molecule has 1 spiro atoms. The number of anilines is 1. The van der Waals surface area contributed by atoms with E-state index in [4.69, 9.17) is 0 Å². The van der Waals surface area contributed by atoms with Crippen molar-refractivity contribution in [2.45, 2.75) is 31.3 Å². The molecular weight excluding hydrogens is 437 g/mol. The minimum absolute atomic E-state index is 0.192. The van der Waals surface area contributed by atoms with Crippen LogP contribution in [0.2, 0.25) is 0 Å². The van der Waals surface area contributed by atoms with Gasteiger partial charge in [-0.25, -0.2) is 9.69 Å². The Kier molecular flexibility index (Phi) is 4.80. The highest BCUT2D eigenvalue weighted by Gasteiger charge is 2.65. The quantitative estimate of drug-likeness (QED) is 0.529. The Morgan fingerprint density at radius 1 is 0.939 bits per heavy atom. The van der Waals surface area contributed by atoms with Crippen molar-refractivity contribution in [1.82, 2.24) is 14.9 Å². The number of ether oxygens (including phenoxy) is 1. The minimum Gasteiger partial charge on any atom is -0.406 e. The third-order valence-electron chi connectivity index (χ3n) is 5.68. The molecule has 1 aromatic carbocycles. The summed E-state index contributed by atoms with van der Waals surface area (Å²) in [4.78, 5) is 37.5. The molecule has 7 nitrogen and oxygen atoms in total. The van der Waals surface area contributed by atoms with E-state index in [2.05, 4.69) is 14.7 Å². The number of urea groups is 1. The average Bonchev–Trinajstić information content (AvgIpc) is 3.57. The fourth-order valence-corrected chi connectivity index (χ4v) is 3.97. The molecule has 0 bridgehead atoms. The predicted octanol–water partition coefficient (Wildman–Crippen LogP) is 4.54. The van der Waals surface area contributed by atoms with Gasteiger partial charge >= 0.3 is 12.4 Å². The van der Waals surface area contributed by atoms with Gasteiger partial charge in [-0.15, -0.1) is 13.2 Å². The van der Waals surface area contributed by atoms with E-state index in [1.165, 1.54) is 17.0 Å². The van der Waals surface area contributed by atoms with Gasteiger partial charge < -0.3 is 9.64 Å². The number of halogens is 3. The van der Waals surface area contributed by atoms with E-state index in [1.54, 1.807) is 24.5 Å². The number of carbonyl (C=O) groups excluding carboxylic acids is 2. The topological polar surface area (TPSA) is 75.6 Å². The van der Waals surface area contributed by atoms with Crippen LogP contribution >= 0.6 is 0 Å². The van der Waals surface area contributed by atoms with E-state index < -0.39 is 23.7 Å². The number of imide groups is 1. The number of aromatic nitrogens is 2. The second-order valence-corrected chi connectivity index (χ2v) is 7.85. The van der Waals surface area contributed by atoms with Gasteiger partial charge in [0, 0.05) is 18.9 Å². The van der Waals surface area contributed by atoms with Gasteiger partial charge in [0.15, 0.2) is 0 Å². The summed E-state index contributed by atoms with van der Waals surface area (Å²) in [5, 5.41) is 0. The van der Waals surface area contributed by atoms with Crippen LogP contribution < -0.4 is 9.64 Å². The minimum atomic E-state index is -4.83. The summed E-state index contributed by atoms with van der Waals surface area (Å²) in [6.45, 7) is 0.193. The van der Waals surface area contributed by atoms with Crippen LogP contribution in [0.4, 0.5) is 23.7 Å². The number of carbonyl (C=O) groups is 2. The zero-order valence-electron chi connectivity index (χ0n) is 17.1. The van der Waals surface area contributed by atoms with Gasteiger partial charge in [-0.2, -0.15) is 0 Å². The number of rotatable bonds is 5. The number of pyridine rings is 2. The van der Waals surface area contributed by atoms with Crippen molar-refractivity contribution in [3.8, 4) is 17.1 Å². The lowest BCUT2D eigenvalue weighted by Crippen LogP contribution is -2.36. The van der Waals surface area contributed by atoms with Crippen LogP contribution in [-0.2, 0) is 11.3 Å². The highest BCUT2D eigenvalue weighted by molar-refractivity contribution is 6.24. The molecule has 2 fully saturated rings. The van der Waals surface area contributed by atoms with Crippen LogP contribution in [0, 0.1) is 0 Å². The first-order valence-corrected chi connectivity index (χ1v) is 10.2. The molecule has 5 rings (SSSR count). The maximum atomic E-state index is 13.2. The molecule has 1 aliphatic carbocycles. The Bertz CT molecular complexity index is 1210.